The summed E-state index contributed by atoms with van der Waals surface area (Å²) in [6.07, 6.45) is 1.55. The Kier molecular flexibility index (Phi) is 6.43. The summed E-state index contributed by atoms with van der Waals surface area (Å²) in [5, 5.41) is 65.9. The smallest absolute Gasteiger partial charge is 0.342 e. The van der Waals surface area contributed by atoms with Gasteiger partial charge < -0.3 is 40.1 Å². The number of hydrogen-bond donors (Lipinski definition) is 6. The zero-order valence-electron chi connectivity index (χ0n) is 24.0. The Morgan fingerprint density at radius 1 is 0.889 bits per heavy atom. The van der Waals surface area contributed by atoms with Crippen LogP contribution < -0.4 is 0 Å². The summed E-state index contributed by atoms with van der Waals surface area (Å²) in [6.45, 7) is 2.85. The Morgan fingerprint density at radius 2 is 1.56 bits per heavy atom. The second-order valence-electron chi connectivity index (χ2n) is 11.2. The normalized spacial score (nSPS) is 21.0. The number of carbonyl (C=O) groups excluding carboxylic acids is 4. The van der Waals surface area contributed by atoms with Crippen molar-refractivity contribution in [3.05, 3.63) is 92.6 Å². The van der Waals surface area contributed by atoms with Gasteiger partial charge in [0.2, 0.25) is 5.78 Å². The fraction of sp³-hybridized carbons (Fsp3) is 0.212. The Bertz CT molecular complexity index is 1970. The van der Waals surface area contributed by atoms with Gasteiger partial charge in [-0.25, -0.2) is 4.79 Å². The van der Waals surface area contributed by atoms with Crippen LogP contribution in [0.2, 0.25) is 0 Å². The van der Waals surface area contributed by atoms with Crippen LogP contribution in [-0.4, -0.2) is 61.3 Å². The standard InChI is InChI=1S/C33H26O12/c1-12-8-16-22(19(37)9-12)30(42)26-27(39)15-6-7-33(26,31(16)45-13(2)34)11-14-10-20(38)25(28(40)21(14)15)29(41)23-17(35)4-5-18(36)24(23)32(43)44-3/h4-10,15,31,35-38,40,42H,11H2,1-3H3. The quantitative estimate of drug-likeness (QED) is 0.107. The van der Waals surface area contributed by atoms with Crippen molar-refractivity contribution in [2.75, 3.05) is 7.11 Å². The van der Waals surface area contributed by atoms with Crippen molar-refractivity contribution in [3.63, 3.8) is 0 Å². The molecule has 2 bridgehead atoms. The molecule has 3 atom stereocenters. The van der Waals surface area contributed by atoms with Gasteiger partial charge in [0, 0.05) is 18.1 Å². The Morgan fingerprint density at radius 3 is 2.20 bits per heavy atom. The van der Waals surface area contributed by atoms with Crippen molar-refractivity contribution in [2.24, 2.45) is 5.41 Å². The molecule has 4 aliphatic carbocycles. The third kappa shape index (κ3) is 3.98. The number of benzene rings is 3. The first kappa shape index (κ1) is 29.3. The Balaban J connectivity index is 1.61. The molecule has 3 aromatic rings. The second kappa shape index (κ2) is 9.88. The fourth-order valence-corrected chi connectivity index (χ4v) is 6.84. The third-order valence-corrected chi connectivity index (χ3v) is 8.58. The van der Waals surface area contributed by atoms with Crippen molar-refractivity contribution < 1.29 is 59.3 Å². The van der Waals surface area contributed by atoms with Crippen LogP contribution in [0, 0.1) is 12.3 Å². The average Bonchev–Trinajstić information content (AvgIpc) is 3.18. The van der Waals surface area contributed by atoms with E-state index in [-0.39, 0.29) is 40.0 Å². The number of allylic oxidation sites excluding steroid dienone is 1. The molecule has 7 rings (SSSR count). The number of aromatic hydroxyl groups is 5. The number of fused-ring (bicyclic) bond motifs is 1. The summed E-state index contributed by atoms with van der Waals surface area (Å²) < 4.78 is 10.4. The zero-order chi connectivity index (χ0) is 32.7. The highest BCUT2D eigenvalue weighted by Gasteiger charge is 2.58. The van der Waals surface area contributed by atoms with Gasteiger partial charge in [0.1, 0.15) is 51.7 Å². The SMILES string of the molecule is COC(=O)c1c(O)ccc(O)c1C(=O)c1c(O)cc2c(c1O)C1C=CC3(C2)C(=C(O)c2c(O)cc(C)cc2C3OC(C)=O)C1=O. The highest BCUT2D eigenvalue weighted by Crippen LogP contribution is 2.62. The summed E-state index contributed by atoms with van der Waals surface area (Å²) in [6, 6.07) is 6.00. The van der Waals surface area contributed by atoms with Crippen LogP contribution in [0.1, 0.15) is 73.0 Å². The number of ether oxygens (including phenoxy) is 2. The van der Waals surface area contributed by atoms with E-state index in [0.717, 1.165) is 25.3 Å². The Labute approximate surface area is 254 Å². The van der Waals surface area contributed by atoms with E-state index in [1.807, 2.05) is 0 Å². The molecule has 0 amide bonds. The van der Waals surface area contributed by atoms with E-state index in [1.165, 1.54) is 19.1 Å². The lowest BCUT2D eigenvalue weighted by Gasteiger charge is -2.44. The maximum absolute atomic E-state index is 14.2. The van der Waals surface area contributed by atoms with E-state index in [4.69, 9.17) is 4.74 Å². The molecular weight excluding hydrogens is 588 g/mol. The molecule has 12 nitrogen and oxygen atoms in total. The lowest BCUT2D eigenvalue weighted by atomic mass is 9.61. The monoisotopic (exact) mass is 614 g/mol. The molecule has 230 valence electrons. The van der Waals surface area contributed by atoms with Crippen molar-refractivity contribution in [1.29, 1.82) is 0 Å². The predicted molar refractivity (Wildman–Crippen MR) is 154 cm³/mol. The summed E-state index contributed by atoms with van der Waals surface area (Å²) in [7, 11) is 0.983. The van der Waals surface area contributed by atoms with Crippen molar-refractivity contribution in [1.82, 2.24) is 0 Å². The topological polar surface area (TPSA) is 208 Å². The fourth-order valence-electron chi connectivity index (χ4n) is 6.84. The first-order chi connectivity index (χ1) is 21.2. The minimum absolute atomic E-state index is 0.0940. The molecule has 0 heterocycles. The van der Waals surface area contributed by atoms with E-state index in [0.29, 0.717) is 5.56 Å². The van der Waals surface area contributed by atoms with Gasteiger partial charge in [-0.3, -0.25) is 14.4 Å². The van der Waals surface area contributed by atoms with Gasteiger partial charge >= 0.3 is 11.9 Å². The summed E-state index contributed by atoms with van der Waals surface area (Å²) in [5.74, 6) is -9.23. The average molecular weight is 615 g/mol. The molecular formula is C33H26O12. The van der Waals surface area contributed by atoms with Gasteiger partial charge in [0.25, 0.3) is 0 Å². The van der Waals surface area contributed by atoms with Crippen LogP contribution in [0.5, 0.6) is 28.7 Å². The van der Waals surface area contributed by atoms with E-state index in [1.54, 1.807) is 19.1 Å². The van der Waals surface area contributed by atoms with E-state index >= 15 is 0 Å². The lowest BCUT2D eigenvalue weighted by Crippen LogP contribution is -2.42. The van der Waals surface area contributed by atoms with Gasteiger partial charge in [-0.2, -0.15) is 0 Å². The van der Waals surface area contributed by atoms with Crippen LogP contribution in [-0.2, 0) is 25.5 Å². The molecule has 0 radical (unpaired) electrons. The number of aliphatic hydroxyl groups excluding tert-OH is 1. The highest BCUT2D eigenvalue weighted by atomic mass is 16.5. The number of phenolic OH excluding ortho intramolecular Hbond substituents is 5. The number of Topliss-reactive ketones (excluding diaryl/α,β-unsaturated/α-hetero) is 1. The number of phenols is 5. The molecule has 0 fully saturated rings. The van der Waals surface area contributed by atoms with Gasteiger partial charge in [0.15, 0.2) is 5.78 Å². The van der Waals surface area contributed by atoms with Crippen LogP contribution in [0.15, 0.2) is 48.1 Å². The minimum atomic E-state index is -1.55. The van der Waals surface area contributed by atoms with Gasteiger partial charge in [-0.15, -0.1) is 0 Å². The first-order valence-corrected chi connectivity index (χ1v) is 13.7. The number of aliphatic hydroxyl groups is 1. The summed E-state index contributed by atoms with van der Waals surface area (Å²) >= 11 is 0. The van der Waals surface area contributed by atoms with Crippen molar-refractivity contribution in [2.45, 2.75) is 32.3 Å². The number of aryl methyl sites for hydroxylation is 1. The Hall–Kier alpha value is -5.78. The summed E-state index contributed by atoms with van der Waals surface area (Å²) in [4.78, 5) is 52.9. The molecule has 0 saturated carbocycles. The van der Waals surface area contributed by atoms with E-state index < -0.39 is 86.4 Å². The summed E-state index contributed by atoms with van der Waals surface area (Å²) in [5.41, 5.74) is -3.24. The zero-order valence-corrected chi connectivity index (χ0v) is 24.0. The molecule has 0 aliphatic heterocycles. The molecule has 0 saturated heterocycles. The minimum Gasteiger partial charge on any atom is -0.507 e. The number of methoxy groups -OCH3 is 1. The maximum atomic E-state index is 14.2. The van der Waals surface area contributed by atoms with E-state index in [2.05, 4.69) is 4.74 Å². The van der Waals surface area contributed by atoms with Gasteiger partial charge in [-0.05, 0) is 48.7 Å². The number of carbonyl (C=O) groups is 4. The first-order valence-electron chi connectivity index (χ1n) is 13.7. The molecule has 12 heteroatoms. The number of ketones is 2. The molecule has 3 unspecified atom stereocenters. The van der Waals surface area contributed by atoms with Crippen LogP contribution in [0.3, 0.4) is 0 Å². The lowest BCUT2D eigenvalue weighted by molar-refractivity contribution is -0.152. The molecule has 3 aromatic carbocycles. The molecule has 45 heavy (non-hydrogen) atoms. The van der Waals surface area contributed by atoms with Crippen molar-refractivity contribution >= 4 is 29.3 Å². The van der Waals surface area contributed by atoms with Crippen molar-refractivity contribution in [3.8, 4) is 28.7 Å². The van der Waals surface area contributed by atoms with Gasteiger partial charge in [-0.1, -0.05) is 18.2 Å². The van der Waals surface area contributed by atoms with Crippen LogP contribution in [0.25, 0.3) is 5.76 Å². The second-order valence-corrected chi connectivity index (χ2v) is 11.2. The largest absolute Gasteiger partial charge is 0.507 e. The number of hydrogen-bond acceptors (Lipinski definition) is 12. The van der Waals surface area contributed by atoms with Crippen LogP contribution in [0.4, 0.5) is 0 Å². The highest BCUT2D eigenvalue weighted by molar-refractivity contribution is 6.20. The molecule has 6 N–H and O–H groups in total. The molecule has 0 aromatic heterocycles. The maximum Gasteiger partial charge on any atom is 0.342 e. The van der Waals surface area contributed by atoms with Gasteiger partial charge in [0.05, 0.1) is 35.1 Å². The third-order valence-electron chi connectivity index (χ3n) is 8.58. The number of esters is 2. The predicted octanol–water partition coefficient (Wildman–Crippen LogP) is 3.89. The number of rotatable bonds is 4. The molecule has 1 spiro atoms. The van der Waals surface area contributed by atoms with E-state index in [9.17, 15) is 49.8 Å². The molecule has 4 aliphatic rings. The van der Waals surface area contributed by atoms with Crippen LogP contribution >= 0.6 is 0 Å².